The van der Waals surface area contributed by atoms with Crippen molar-refractivity contribution in [3.8, 4) is 5.75 Å². The van der Waals surface area contributed by atoms with Crippen molar-refractivity contribution in [1.82, 2.24) is 5.32 Å². The molecule has 3 N–H and O–H groups in total. The second-order valence-electron chi connectivity index (χ2n) is 3.37. The Bertz CT molecular complexity index is 451. The quantitative estimate of drug-likeness (QED) is 0.743. The Balaban J connectivity index is 2.51. The fourth-order valence-electron chi connectivity index (χ4n) is 1.20. The Hall–Kier alpha value is -2.31. The van der Waals surface area contributed by atoms with Gasteiger partial charge in [0.25, 0.3) is 0 Å². The number of hydrogen-bond donors (Lipinski definition) is 3. The molecule has 98 valence electrons. The lowest BCUT2D eigenvalue weighted by molar-refractivity contribution is -0.136. The highest BCUT2D eigenvalue weighted by molar-refractivity contribution is 5.89. The molecule has 0 fully saturated rings. The molecule has 0 aliphatic rings. The number of ether oxygens (including phenoxy) is 1. The first kappa shape index (κ1) is 13.8. The van der Waals surface area contributed by atoms with Gasteiger partial charge in [-0.15, -0.1) is 0 Å². The minimum absolute atomic E-state index is 0.0123. The number of benzene rings is 1. The van der Waals surface area contributed by atoms with Crippen LogP contribution in [0, 0.1) is 5.82 Å². The van der Waals surface area contributed by atoms with E-state index in [1.54, 1.807) is 0 Å². The van der Waals surface area contributed by atoms with Gasteiger partial charge in [0.1, 0.15) is 0 Å². The van der Waals surface area contributed by atoms with Crippen molar-refractivity contribution < 1.29 is 23.8 Å². The van der Waals surface area contributed by atoms with E-state index in [4.69, 9.17) is 9.84 Å². The maximum Gasteiger partial charge on any atom is 0.319 e. The smallest absolute Gasteiger partial charge is 0.319 e. The van der Waals surface area contributed by atoms with Crippen LogP contribution in [0.2, 0.25) is 0 Å². The topological polar surface area (TPSA) is 87.7 Å². The average Bonchev–Trinajstić information content (AvgIpc) is 2.31. The Kier molecular flexibility index (Phi) is 4.91. The molecule has 0 unspecified atom stereocenters. The molecule has 1 rings (SSSR count). The van der Waals surface area contributed by atoms with Crippen molar-refractivity contribution in [2.75, 3.05) is 19.0 Å². The summed E-state index contributed by atoms with van der Waals surface area (Å²) >= 11 is 0. The first-order valence-electron chi connectivity index (χ1n) is 5.13. The van der Waals surface area contributed by atoms with E-state index < -0.39 is 17.8 Å². The minimum Gasteiger partial charge on any atom is -0.494 e. The van der Waals surface area contributed by atoms with Crippen LogP contribution >= 0.6 is 0 Å². The third-order valence-corrected chi connectivity index (χ3v) is 2.03. The van der Waals surface area contributed by atoms with Crippen molar-refractivity contribution >= 4 is 17.7 Å². The van der Waals surface area contributed by atoms with E-state index in [-0.39, 0.29) is 18.7 Å². The van der Waals surface area contributed by atoms with Gasteiger partial charge in [-0.1, -0.05) is 0 Å². The van der Waals surface area contributed by atoms with E-state index in [2.05, 4.69) is 10.6 Å². The number of anilines is 1. The predicted molar refractivity (Wildman–Crippen MR) is 62.2 cm³/mol. The average molecular weight is 256 g/mol. The van der Waals surface area contributed by atoms with Gasteiger partial charge in [-0.3, -0.25) is 4.79 Å². The summed E-state index contributed by atoms with van der Waals surface area (Å²) in [6.07, 6.45) is -0.167. The van der Waals surface area contributed by atoms with Crippen LogP contribution in [0.25, 0.3) is 0 Å². The van der Waals surface area contributed by atoms with Gasteiger partial charge >= 0.3 is 12.0 Å². The molecule has 7 heteroatoms. The standard InChI is InChI=1S/C11H13FN2O4/c1-18-9-6-7(2-3-8(9)12)14-11(17)13-5-4-10(15)16/h2-3,6H,4-5H2,1H3,(H,15,16)(H2,13,14,17). The van der Waals surface area contributed by atoms with Crippen molar-refractivity contribution in [2.45, 2.75) is 6.42 Å². The Morgan fingerprint density at radius 2 is 2.17 bits per heavy atom. The van der Waals surface area contributed by atoms with Crippen LogP contribution < -0.4 is 15.4 Å². The van der Waals surface area contributed by atoms with E-state index in [0.29, 0.717) is 5.69 Å². The number of carboxylic acids is 1. The SMILES string of the molecule is COc1cc(NC(=O)NCCC(=O)O)ccc1F. The number of methoxy groups -OCH3 is 1. The summed E-state index contributed by atoms with van der Waals surface area (Å²) in [6.45, 7) is 0.0134. The third kappa shape index (κ3) is 4.28. The molecule has 0 spiro atoms. The number of amides is 2. The number of carbonyl (C=O) groups excluding carboxylic acids is 1. The Labute approximate surface area is 103 Å². The number of carbonyl (C=O) groups is 2. The van der Waals surface area contributed by atoms with Gasteiger partial charge in [0.2, 0.25) is 0 Å². The van der Waals surface area contributed by atoms with Crippen LogP contribution in [0.1, 0.15) is 6.42 Å². The van der Waals surface area contributed by atoms with Gasteiger partial charge in [-0.2, -0.15) is 0 Å². The van der Waals surface area contributed by atoms with E-state index >= 15 is 0 Å². The van der Waals surface area contributed by atoms with Crippen molar-refractivity contribution in [3.05, 3.63) is 24.0 Å². The summed E-state index contributed by atoms with van der Waals surface area (Å²) in [7, 11) is 1.31. The number of urea groups is 1. The molecule has 6 nitrogen and oxygen atoms in total. The van der Waals surface area contributed by atoms with Gasteiger partial charge in [0, 0.05) is 18.3 Å². The zero-order valence-corrected chi connectivity index (χ0v) is 9.70. The highest BCUT2D eigenvalue weighted by Crippen LogP contribution is 2.21. The molecular formula is C11H13FN2O4. The monoisotopic (exact) mass is 256 g/mol. The largest absolute Gasteiger partial charge is 0.494 e. The number of nitrogens with one attached hydrogen (secondary N) is 2. The number of halogens is 1. The lowest BCUT2D eigenvalue weighted by Gasteiger charge is -2.08. The third-order valence-electron chi connectivity index (χ3n) is 2.03. The molecule has 0 heterocycles. The summed E-state index contributed by atoms with van der Waals surface area (Å²) in [5.74, 6) is -1.52. The fraction of sp³-hybridized carbons (Fsp3) is 0.273. The molecule has 2 amide bonds. The highest BCUT2D eigenvalue weighted by Gasteiger charge is 2.06. The van der Waals surface area contributed by atoms with Crippen LogP contribution in [-0.2, 0) is 4.79 Å². The van der Waals surface area contributed by atoms with Crippen LogP contribution in [0.4, 0.5) is 14.9 Å². The summed E-state index contributed by atoms with van der Waals surface area (Å²) in [6, 6.07) is 3.29. The maximum absolute atomic E-state index is 13.1. The lowest BCUT2D eigenvalue weighted by Crippen LogP contribution is -2.30. The molecule has 0 aliphatic carbocycles. The van der Waals surface area contributed by atoms with Crippen LogP contribution in [-0.4, -0.2) is 30.8 Å². The van der Waals surface area contributed by atoms with E-state index in [1.807, 2.05) is 0 Å². The predicted octanol–water partition coefficient (Wildman–Crippen LogP) is 1.43. The maximum atomic E-state index is 13.1. The summed E-state index contributed by atoms with van der Waals surface area (Å²) in [4.78, 5) is 21.6. The minimum atomic E-state index is -1.00. The molecule has 0 aromatic heterocycles. The zero-order chi connectivity index (χ0) is 13.5. The molecule has 0 bridgehead atoms. The highest BCUT2D eigenvalue weighted by atomic mass is 19.1. The van der Waals surface area contributed by atoms with Gasteiger partial charge < -0.3 is 20.5 Å². The van der Waals surface area contributed by atoms with Crippen molar-refractivity contribution in [3.63, 3.8) is 0 Å². The van der Waals surface area contributed by atoms with E-state index in [0.717, 1.165) is 6.07 Å². The molecule has 18 heavy (non-hydrogen) atoms. The van der Waals surface area contributed by atoms with Gasteiger partial charge in [0.05, 0.1) is 13.5 Å². The summed E-state index contributed by atoms with van der Waals surface area (Å²) < 4.78 is 17.8. The van der Waals surface area contributed by atoms with Crippen LogP contribution in [0.5, 0.6) is 5.75 Å². The molecule has 0 aliphatic heterocycles. The molecule has 0 atom stereocenters. The number of rotatable bonds is 5. The Morgan fingerprint density at radius 1 is 1.44 bits per heavy atom. The number of carboxylic acid groups (broad SMARTS) is 1. The summed E-state index contributed by atoms with van der Waals surface area (Å²) in [5, 5.41) is 13.2. The second-order valence-corrected chi connectivity index (χ2v) is 3.37. The lowest BCUT2D eigenvalue weighted by atomic mass is 10.3. The molecule has 0 radical (unpaired) electrons. The van der Waals surface area contributed by atoms with Crippen LogP contribution in [0.3, 0.4) is 0 Å². The molecule has 0 saturated heterocycles. The van der Waals surface area contributed by atoms with Crippen molar-refractivity contribution in [2.24, 2.45) is 0 Å². The van der Waals surface area contributed by atoms with Gasteiger partial charge in [0.15, 0.2) is 11.6 Å². The first-order valence-corrected chi connectivity index (χ1v) is 5.13. The molecule has 1 aromatic carbocycles. The zero-order valence-electron chi connectivity index (χ0n) is 9.70. The fourth-order valence-corrected chi connectivity index (χ4v) is 1.20. The normalized spacial score (nSPS) is 9.67. The molecular weight excluding hydrogens is 243 g/mol. The number of hydrogen-bond acceptors (Lipinski definition) is 3. The van der Waals surface area contributed by atoms with Gasteiger partial charge in [-0.05, 0) is 12.1 Å². The van der Waals surface area contributed by atoms with Gasteiger partial charge in [-0.25, -0.2) is 9.18 Å². The van der Waals surface area contributed by atoms with E-state index in [1.165, 1.54) is 19.2 Å². The Morgan fingerprint density at radius 3 is 2.78 bits per heavy atom. The van der Waals surface area contributed by atoms with Crippen molar-refractivity contribution in [1.29, 1.82) is 0 Å². The molecule has 1 aromatic rings. The second kappa shape index (κ2) is 6.43. The number of aliphatic carboxylic acids is 1. The molecule has 0 saturated carbocycles. The van der Waals surface area contributed by atoms with Crippen LogP contribution in [0.15, 0.2) is 18.2 Å². The summed E-state index contributed by atoms with van der Waals surface area (Å²) in [5.41, 5.74) is 0.348. The van der Waals surface area contributed by atoms with E-state index in [9.17, 15) is 14.0 Å². The first-order chi connectivity index (χ1) is 8.52.